The predicted octanol–water partition coefficient (Wildman–Crippen LogP) is 5.07. The quantitative estimate of drug-likeness (QED) is 0.123. The van der Waals surface area contributed by atoms with E-state index in [-0.39, 0.29) is 0 Å². The summed E-state index contributed by atoms with van der Waals surface area (Å²) in [6.45, 7) is 4.24. The van der Waals surface area contributed by atoms with Crippen LogP contribution < -0.4 is 0 Å². The molecule has 2 unspecified atom stereocenters. The molecule has 0 amide bonds. The Hall–Kier alpha value is -1.68. The van der Waals surface area contributed by atoms with Crippen molar-refractivity contribution in [3.8, 4) is 0 Å². The zero-order valence-electron chi connectivity index (χ0n) is 18.2. The van der Waals surface area contributed by atoms with Crippen molar-refractivity contribution < 1.29 is 83.7 Å². The van der Waals surface area contributed by atoms with Crippen LogP contribution in [-0.4, -0.2) is 74.6 Å². The van der Waals surface area contributed by atoms with Gasteiger partial charge in [-0.3, -0.25) is 9.47 Å². The van der Waals surface area contributed by atoms with Gasteiger partial charge in [-0.2, -0.15) is 69.5 Å². The highest BCUT2D eigenvalue weighted by molar-refractivity contribution is 7.72. The summed E-state index contributed by atoms with van der Waals surface area (Å²) in [5.41, 5.74) is 0. The van der Waals surface area contributed by atoms with Crippen LogP contribution in [0.5, 0.6) is 0 Å². The van der Waals surface area contributed by atoms with E-state index >= 15 is 8.78 Å². The summed E-state index contributed by atoms with van der Waals surface area (Å²) in [5.74, 6) is -33.9. The molecule has 0 radical (unpaired) electrons. The van der Waals surface area contributed by atoms with Crippen molar-refractivity contribution in [2.24, 2.45) is 0 Å². The first-order valence-corrected chi connectivity index (χ1v) is 12.2. The van der Waals surface area contributed by atoms with Crippen LogP contribution in [0.4, 0.5) is 52.7 Å². The lowest BCUT2D eigenvalue weighted by molar-refractivity contribution is -0.371. The molecule has 7 nitrogen and oxygen atoms in total. The number of rotatable bonds is 12. The topological polar surface area (TPSA) is 96.0 Å². The molecule has 0 spiro atoms. The van der Waals surface area contributed by atoms with E-state index in [2.05, 4.69) is 27.4 Å². The van der Waals surface area contributed by atoms with Crippen molar-refractivity contribution in [3.05, 3.63) is 24.7 Å². The second kappa shape index (κ2) is 12.9. The van der Waals surface area contributed by atoms with Gasteiger partial charge in [-0.25, -0.2) is 0 Å². The van der Waals surface area contributed by atoms with Crippen LogP contribution in [0.1, 0.15) is 12.8 Å². The third kappa shape index (κ3) is 7.75. The molecular formula is C16H12Cl2F12O7S2. The third-order valence-electron chi connectivity index (χ3n) is 3.96. The molecule has 0 aliphatic heterocycles. The molecular weight excluding hydrogens is 667 g/mol. The van der Waals surface area contributed by atoms with Gasteiger partial charge in [-0.15, -0.1) is 23.2 Å². The minimum absolute atomic E-state index is 0.943. The first kappa shape index (κ1) is 37.3. The molecule has 0 aliphatic rings. The van der Waals surface area contributed by atoms with Gasteiger partial charge in [0.2, 0.25) is 20.6 Å². The Balaban J connectivity index is 7.14. The van der Waals surface area contributed by atoms with Crippen LogP contribution in [-0.2, 0) is 34.8 Å². The molecule has 0 rings (SSSR count). The molecule has 0 aromatic heterocycles. The lowest BCUT2D eigenvalue weighted by atomic mass is 10.1. The first-order valence-electron chi connectivity index (χ1n) is 9.02. The third-order valence-corrected chi connectivity index (χ3v) is 5.66. The van der Waals surface area contributed by atoms with Crippen molar-refractivity contribution in [1.82, 2.24) is 0 Å². The summed E-state index contributed by atoms with van der Waals surface area (Å²) in [6, 6.07) is 0. The average Bonchev–Trinajstić information content (AvgIpc) is 2.75. The van der Waals surface area contributed by atoms with Gasteiger partial charge in [0.05, 0.1) is 0 Å². The van der Waals surface area contributed by atoms with Crippen molar-refractivity contribution in [3.63, 3.8) is 0 Å². The van der Waals surface area contributed by atoms with E-state index in [4.69, 9.17) is 23.2 Å². The maximum atomic E-state index is 15.2. The summed E-state index contributed by atoms with van der Waals surface area (Å²) in [6.07, 6.45) is -16.7. The lowest BCUT2D eigenvalue weighted by Gasteiger charge is -2.38. The Bertz CT molecular complexity index is 1120. The molecule has 0 aromatic rings. The Labute approximate surface area is 222 Å². The van der Waals surface area contributed by atoms with Crippen LogP contribution in [0.25, 0.3) is 0 Å². The fourth-order valence-electron chi connectivity index (χ4n) is 2.04. The summed E-state index contributed by atoms with van der Waals surface area (Å²) >= 11 is 10.2. The van der Waals surface area contributed by atoms with Gasteiger partial charge in [0.1, 0.15) is 0 Å². The second-order valence-electron chi connectivity index (χ2n) is 6.58. The van der Waals surface area contributed by atoms with Gasteiger partial charge < -0.3 is 4.74 Å². The van der Waals surface area contributed by atoms with Crippen LogP contribution >= 0.6 is 23.2 Å². The minimum atomic E-state index is -7.05. The standard InChI is InChI=1S/C16H12Cl2F12O7S2/c1-7(11(19,13(21,22)15(25,26)27)36-9(3-5-17)38(31)32)35-8(2)12(20,14(23,24)16(28,29)30)37-10(4-6-18)39(33)34/h1-6H2. The predicted molar refractivity (Wildman–Crippen MR) is 110 cm³/mol. The van der Waals surface area contributed by atoms with E-state index in [1.54, 1.807) is 0 Å². The number of hydrogen-bond donors (Lipinski definition) is 0. The number of halogens is 14. The molecule has 0 aromatic carbocycles. The van der Waals surface area contributed by atoms with Gasteiger partial charge in [-0.05, 0) is 0 Å². The SMILES string of the molecule is C=C(OC(=C)C(F)(OC(CCCl)=S(=O)=O)C(F)(F)C(F)(F)F)C(F)(OC(CCCl)=S(=O)=O)C(F)(F)C(F)(F)F. The number of alkyl halides is 14. The van der Waals surface area contributed by atoms with E-state index < -0.39 is 103 Å². The number of hydrogen-bond acceptors (Lipinski definition) is 7. The van der Waals surface area contributed by atoms with Gasteiger partial charge >= 0.3 is 35.9 Å². The Morgan fingerprint density at radius 3 is 1.03 bits per heavy atom. The van der Waals surface area contributed by atoms with Crippen LogP contribution in [0.2, 0.25) is 0 Å². The lowest BCUT2D eigenvalue weighted by Crippen LogP contribution is -2.60. The zero-order valence-corrected chi connectivity index (χ0v) is 21.4. The molecule has 23 heteroatoms. The van der Waals surface area contributed by atoms with Crippen LogP contribution in [0, 0.1) is 0 Å². The summed E-state index contributed by atoms with van der Waals surface area (Å²) in [5, 5.41) is -4.01. The van der Waals surface area contributed by atoms with Crippen molar-refractivity contribution in [2.75, 3.05) is 11.8 Å². The van der Waals surface area contributed by atoms with Gasteiger partial charge in [0.15, 0.2) is 21.6 Å². The summed E-state index contributed by atoms with van der Waals surface area (Å²) in [7, 11) is -7.90. The van der Waals surface area contributed by atoms with E-state index in [1.807, 2.05) is 0 Å². The highest BCUT2D eigenvalue weighted by Gasteiger charge is 2.78. The molecule has 0 aliphatic carbocycles. The maximum Gasteiger partial charge on any atom is 0.460 e. The van der Waals surface area contributed by atoms with Gasteiger partial charge in [-0.1, -0.05) is 13.2 Å². The zero-order chi connectivity index (χ0) is 31.4. The fourth-order valence-corrected chi connectivity index (χ4v) is 3.51. The highest BCUT2D eigenvalue weighted by Crippen LogP contribution is 2.53. The summed E-state index contributed by atoms with van der Waals surface area (Å²) < 4.78 is 219. The molecule has 228 valence electrons. The van der Waals surface area contributed by atoms with Gasteiger partial charge in [0, 0.05) is 24.6 Å². The smallest absolute Gasteiger partial charge is 0.455 e. The van der Waals surface area contributed by atoms with Crippen molar-refractivity contribution in [2.45, 2.75) is 48.7 Å². The van der Waals surface area contributed by atoms with Crippen LogP contribution in [0.15, 0.2) is 24.7 Å². The maximum absolute atomic E-state index is 15.2. The monoisotopic (exact) mass is 678 g/mol. The molecule has 0 saturated heterocycles. The van der Waals surface area contributed by atoms with Gasteiger partial charge in [0.25, 0.3) is 0 Å². The molecule has 2 atom stereocenters. The van der Waals surface area contributed by atoms with E-state index in [0.717, 1.165) is 0 Å². The van der Waals surface area contributed by atoms with Crippen molar-refractivity contribution in [1.29, 1.82) is 0 Å². The van der Waals surface area contributed by atoms with E-state index in [0.29, 0.717) is 0 Å². The van der Waals surface area contributed by atoms with Crippen LogP contribution in [0.3, 0.4) is 0 Å². The van der Waals surface area contributed by atoms with E-state index in [1.165, 1.54) is 0 Å². The normalized spacial score (nSPS) is 16.1. The molecule has 0 bridgehead atoms. The number of ether oxygens (including phenoxy) is 3. The molecule has 0 saturated carbocycles. The Morgan fingerprint density at radius 2 is 0.846 bits per heavy atom. The highest BCUT2D eigenvalue weighted by atomic mass is 35.5. The largest absolute Gasteiger partial charge is 0.460 e. The van der Waals surface area contributed by atoms with Crippen molar-refractivity contribution >= 4 is 53.9 Å². The molecule has 39 heavy (non-hydrogen) atoms. The molecule has 0 fully saturated rings. The minimum Gasteiger partial charge on any atom is -0.455 e. The second-order valence-corrected chi connectivity index (χ2v) is 9.18. The first-order chi connectivity index (χ1) is 17.3. The molecule has 0 heterocycles. The fraction of sp³-hybridized carbons (Fsp3) is 0.625. The Kier molecular flexibility index (Phi) is 12.3. The average molecular weight is 679 g/mol. The van der Waals surface area contributed by atoms with E-state index in [9.17, 15) is 60.7 Å². The molecule has 0 N–H and O–H groups in total. The Morgan fingerprint density at radius 1 is 0.590 bits per heavy atom. The summed E-state index contributed by atoms with van der Waals surface area (Å²) in [4.78, 5) is 0.